The molecule has 0 aliphatic carbocycles. The third-order valence-corrected chi connectivity index (χ3v) is 2.86. The molecule has 2 aliphatic rings. The Kier molecular flexibility index (Phi) is 6.17. The first-order valence-corrected chi connectivity index (χ1v) is 6.14. The highest BCUT2D eigenvalue weighted by molar-refractivity contribution is 4.64. The van der Waals surface area contributed by atoms with Gasteiger partial charge in [-0.1, -0.05) is 0 Å². The quantitative estimate of drug-likeness (QED) is 0.559. The monoisotopic (exact) mass is 214 g/mol. The summed E-state index contributed by atoms with van der Waals surface area (Å²) in [7, 11) is 2.09. The number of hydrazine groups is 2. The summed E-state index contributed by atoms with van der Waals surface area (Å²) in [5, 5.41) is 2.16. The Morgan fingerprint density at radius 3 is 2.13 bits per heavy atom. The van der Waals surface area contributed by atoms with Crippen molar-refractivity contribution in [3.63, 3.8) is 0 Å². The molecule has 2 fully saturated rings. The van der Waals surface area contributed by atoms with E-state index in [0.29, 0.717) is 12.1 Å². The first-order valence-electron chi connectivity index (χ1n) is 6.14. The van der Waals surface area contributed by atoms with Gasteiger partial charge in [-0.2, -0.15) is 0 Å². The van der Waals surface area contributed by atoms with Gasteiger partial charge in [-0.15, -0.1) is 0 Å². The van der Waals surface area contributed by atoms with Crippen molar-refractivity contribution in [3.05, 3.63) is 0 Å². The standard InChI is InChI=1S/C6H14N2.C5H12N2/c1-6-4-3-5-8(2)7-6;1-5-3-2-4-6-7-5/h6-7H,3-5H2,1-2H3;5-7H,2-4H2,1H3/t;5-/m.1/s1. The lowest BCUT2D eigenvalue weighted by Gasteiger charge is -2.28. The molecular formula is C11H26N4. The fraction of sp³-hybridized carbons (Fsp3) is 1.00. The Bertz CT molecular complexity index is 149. The van der Waals surface area contributed by atoms with Crippen molar-refractivity contribution in [2.24, 2.45) is 0 Å². The largest absolute Gasteiger partial charge is 0.258 e. The highest BCUT2D eigenvalue weighted by Gasteiger charge is 2.09. The first-order chi connectivity index (χ1) is 7.18. The zero-order valence-electron chi connectivity index (χ0n) is 10.3. The molecule has 2 atom stereocenters. The van der Waals surface area contributed by atoms with E-state index < -0.39 is 0 Å². The fourth-order valence-corrected chi connectivity index (χ4v) is 1.96. The Hall–Kier alpha value is -0.160. The second kappa shape index (κ2) is 7.17. The van der Waals surface area contributed by atoms with Gasteiger partial charge >= 0.3 is 0 Å². The van der Waals surface area contributed by atoms with Crippen LogP contribution in [0.3, 0.4) is 0 Å². The number of hydrogen-bond donors (Lipinski definition) is 3. The summed E-state index contributed by atoms with van der Waals surface area (Å²) in [6.07, 6.45) is 5.29. The van der Waals surface area contributed by atoms with Crippen LogP contribution in [0.4, 0.5) is 0 Å². The molecular weight excluding hydrogens is 188 g/mol. The van der Waals surface area contributed by atoms with Gasteiger partial charge in [0, 0.05) is 32.2 Å². The number of hydrogen-bond acceptors (Lipinski definition) is 4. The molecule has 3 N–H and O–H groups in total. The molecule has 0 radical (unpaired) electrons. The second-order valence-electron chi connectivity index (χ2n) is 4.71. The van der Waals surface area contributed by atoms with Crippen molar-refractivity contribution in [2.45, 2.75) is 51.6 Å². The zero-order chi connectivity index (χ0) is 11.1. The smallest absolute Gasteiger partial charge is 0.0187 e. The average molecular weight is 214 g/mol. The molecule has 0 aromatic rings. The summed E-state index contributed by atoms with van der Waals surface area (Å²) in [6, 6.07) is 1.36. The van der Waals surface area contributed by atoms with Gasteiger partial charge < -0.3 is 0 Å². The van der Waals surface area contributed by atoms with Crippen LogP contribution in [-0.2, 0) is 0 Å². The molecule has 0 saturated carbocycles. The van der Waals surface area contributed by atoms with Crippen LogP contribution in [0.25, 0.3) is 0 Å². The minimum Gasteiger partial charge on any atom is -0.258 e. The molecule has 0 spiro atoms. The van der Waals surface area contributed by atoms with Crippen LogP contribution in [-0.4, -0.2) is 37.2 Å². The van der Waals surface area contributed by atoms with E-state index in [2.05, 4.69) is 42.2 Å². The van der Waals surface area contributed by atoms with Crippen LogP contribution in [0.2, 0.25) is 0 Å². The average Bonchev–Trinajstić information content (AvgIpc) is 2.19. The minimum absolute atomic E-state index is 0.675. The van der Waals surface area contributed by atoms with Gasteiger partial charge in [-0.25, -0.2) is 5.01 Å². The highest BCUT2D eigenvalue weighted by atomic mass is 15.5. The molecule has 2 aliphatic heterocycles. The lowest BCUT2D eigenvalue weighted by Crippen LogP contribution is -2.45. The molecule has 0 aromatic heterocycles. The maximum atomic E-state index is 3.31. The molecule has 4 nitrogen and oxygen atoms in total. The number of nitrogens with one attached hydrogen (secondary N) is 3. The highest BCUT2D eigenvalue weighted by Crippen LogP contribution is 2.03. The lowest BCUT2D eigenvalue weighted by atomic mass is 10.1. The molecule has 15 heavy (non-hydrogen) atoms. The van der Waals surface area contributed by atoms with E-state index in [1.807, 2.05) is 0 Å². The molecule has 2 heterocycles. The summed E-state index contributed by atoms with van der Waals surface area (Å²) in [5.74, 6) is 0. The van der Waals surface area contributed by atoms with Gasteiger partial charge in [-0.05, 0) is 39.5 Å². The van der Waals surface area contributed by atoms with Crippen molar-refractivity contribution in [2.75, 3.05) is 20.1 Å². The van der Waals surface area contributed by atoms with Gasteiger partial charge in [0.15, 0.2) is 0 Å². The predicted octanol–water partition coefficient (Wildman–Crippen LogP) is 0.868. The van der Waals surface area contributed by atoms with Crippen LogP contribution < -0.4 is 16.3 Å². The molecule has 0 amide bonds. The molecule has 4 heteroatoms. The van der Waals surface area contributed by atoms with Crippen molar-refractivity contribution < 1.29 is 0 Å². The lowest BCUT2D eigenvalue weighted by molar-refractivity contribution is 0.155. The molecule has 90 valence electrons. The molecule has 2 rings (SSSR count). The first kappa shape index (κ1) is 12.9. The van der Waals surface area contributed by atoms with Crippen molar-refractivity contribution in [1.82, 2.24) is 21.3 Å². The predicted molar refractivity (Wildman–Crippen MR) is 64.3 cm³/mol. The SMILES string of the molecule is CC1CCCN(C)N1.C[C@@H]1CCCNN1. The molecule has 1 unspecified atom stereocenters. The van der Waals surface area contributed by atoms with E-state index in [1.165, 1.54) is 32.2 Å². The normalized spacial score (nSPS) is 33.0. The number of nitrogens with zero attached hydrogens (tertiary/aromatic N) is 1. The van der Waals surface area contributed by atoms with Gasteiger partial charge in [-0.3, -0.25) is 16.3 Å². The van der Waals surface area contributed by atoms with Crippen molar-refractivity contribution in [1.29, 1.82) is 0 Å². The Morgan fingerprint density at radius 1 is 1.07 bits per heavy atom. The van der Waals surface area contributed by atoms with Crippen LogP contribution in [0.1, 0.15) is 39.5 Å². The second-order valence-corrected chi connectivity index (χ2v) is 4.71. The van der Waals surface area contributed by atoms with Crippen LogP contribution in [0.15, 0.2) is 0 Å². The van der Waals surface area contributed by atoms with E-state index in [9.17, 15) is 0 Å². The summed E-state index contributed by atoms with van der Waals surface area (Å²) in [5.41, 5.74) is 9.53. The Balaban J connectivity index is 0.000000151. The van der Waals surface area contributed by atoms with E-state index >= 15 is 0 Å². The minimum atomic E-state index is 0.675. The maximum absolute atomic E-state index is 3.31. The van der Waals surface area contributed by atoms with E-state index in [1.54, 1.807) is 0 Å². The van der Waals surface area contributed by atoms with Gasteiger partial charge in [0.1, 0.15) is 0 Å². The summed E-state index contributed by atoms with van der Waals surface area (Å²) in [4.78, 5) is 0. The van der Waals surface area contributed by atoms with Gasteiger partial charge in [0.25, 0.3) is 0 Å². The summed E-state index contributed by atoms with van der Waals surface area (Å²) < 4.78 is 0. The number of rotatable bonds is 0. The molecule has 0 aromatic carbocycles. The van der Waals surface area contributed by atoms with Gasteiger partial charge in [0.2, 0.25) is 0 Å². The fourth-order valence-electron chi connectivity index (χ4n) is 1.96. The van der Waals surface area contributed by atoms with Crippen molar-refractivity contribution in [3.8, 4) is 0 Å². The summed E-state index contributed by atoms with van der Waals surface area (Å²) >= 11 is 0. The third-order valence-electron chi connectivity index (χ3n) is 2.86. The van der Waals surface area contributed by atoms with Crippen LogP contribution in [0, 0.1) is 0 Å². The van der Waals surface area contributed by atoms with E-state index in [4.69, 9.17) is 0 Å². The van der Waals surface area contributed by atoms with E-state index in [-0.39, 0.29) is 0 Å². The summed E-state index contributed by atoms with van der Waals surface area (Å²) in [6.45, 7) is 6.73. The molecule has 2 saturated heterocycles. The Labute approximate surface area is 93.7 Å². The third kappa shape index (κ3) is 6.10. The Morgan fingerprint density at radius 2 is 1.80 bits per heavy atom. The maximum Gasteiger partial charge on any atom is 0.0187 e. The topological polar surface area (TPSA) is 39.3 Å². The molecule has 0 bridgehead atoms. The zero-order valence-corrected chi connectivity index (χ0v) is 10.3. The van der Waals surface area contributed by atoms with Crippen molar-refractivity contribution >= 4 is 0 Å². The van der Waals surface area contributed by atoms with Crippen LogP contribution >= 0.6 is 0 Å². The van der Waals surface area contributed by atoms with E-state index in [0.717, 1.165) is 6.54 Å². The van der Waals surface area contributed by atoms with Crippen LogP contribution in [0.5, 0.6) is 0 Å². The van der Waals surface area contributed by atoms with Gasteiger partial charge in [0.05, 0.1) is 0 Å².